The molecule has 0 saturated carbocycles. The molecule has 4 nitrogen and oxygen atoms in total. The summed E-state index contributed by atoms with van der Waals surface area (Å²) in [4.78, 5) is 11.2. The molecule has 1 aromatic heterocycles. The van der Waals surface area contributed by atoms with Gasteiger partial charge in [0.25, 0.3) is 0 Å². The average molecular weight is 194 g/mol. The Labute approximate surface area is 82.7 Å². The number of hydrogen-bond acceptors (Lipinski definition) is 3. The fraction of sp³-hybridized carbons (Fsp3) is 0.500. The standard InChI is InChI=1S/C10H14N2O2/c1-6-3-4-9(14-6)8-5-11-10(13)7(2)12-8/h3-4,7-8,12H,5H2,1-2H3,(H,11,13). The van der Waals surface area contributed by atoms with Crippen LogP contribution >= 0.6 is 0 Å². The van der Waals surface area contributed by atoms with Crippen molar-refractivity contribution in [3.8, 4) is 0 Å². The highest BCUT2D eigenvalue weighted by molar-refractivity contribution is 5.82. The molecule has 4 heteroatoms. The van der Waals surface area contributed by atoms with E-state index in [9.17, 15) is 4.79 Å². The lowest BCUT2D eigenvalue weighted by atomic mass is 10.1. The van der Waals surface area contributed by atoms with Crippen LogP contribution in [0.5, 0.6) is 0 Å². The number of furan rings is 1. The maximum atomic E-state index is 11.2. The summed E-state index contributed by atoms with van der Waals surface area (Å²) < 4.78 is 5.49. The van der Waals surface area contributed by atoms with Gasteiger partial charge in [0.15, 0.2) is 0 Å². The number of hydrogen-bond donors (Lipinski definition) is 2. The van der Waals surface area contributed by atoms with E-state index < -0.39 is 0 Å². The van der Waals surface area contributed by atoms with Crippen molar-refractivity contribution in [3.63, 3.8) is 0 Å². The second-order valence-corrected chi connectivity index (χ2v) is 3.63. The van der Waals surface area contributed by atoms with E-state index in [4.69, 9.17) is 4.42 Å². The predicted molar refractivity (Wildman–Crippen MR) is 51.8 cm³/mol. The Balaban J connectivity index is 2.10. The van der Waals surface area contributed by atoms with Gasteiger partial charge in [0, 0.05) is 6.54 Å². The lowest BCUT2D eigenvalue weighted by molar-refractivity contribution is -0.124. The molecule has 1 aromatic rings. The van der Waals surface area contributed by atoms with Gasteiger partial charge in [-0.3, -0.25) is 10.1 Å². The van der Waals surface area contributed by atoms with Crippen molar-refractivity contribution in [3.05, 3.63) is 23.7 Å². The molecule has 0 radical (unpaired) electrons. The number of rotatable bonds is 1. The second-order valence-electron chi connectivity index (χ2n) is 3.63. The zero-order chi connectivity index (χ0) is 10.1. The van der Waals surface area contributed by atoms with Crippen LogP contribution in [0.3, 0.4) is 0 Å². The Morgan fingerprint density at radius 1 is 1.50 bits per heavy atom. The molecule has 2 N–H and O–H groups in total. The zero-order valence-electron chi connectivity index (χ0n) is 8.33. The van der Waals surface area contributed by atoms with E-state index in [2.05, 4.69) is 10.6 Å². The normalized spacial score (nSPS) is 27.4. The molecule has 1 saturated heterocycles. The molecule has 76 valence electrons. The molecule has 1 aliphatic heterocycles. The number of carbonyl (C=O) groups excluding carboxylic acids is 1. The quantitative estimate of drug-likeness (QED) is 0.693. The first-order valence-corrected chi connectivity index (χ1v) is 4.77. The molecule has 0 spiro atoms. The molecule has 1 amide bonds. The van der Waals surface area contributed by atoms with Crippen LogP contribution in [0.2, 0.25) is 0 Å². The number of piperazine rings is 1. The Bertz CT molecular complexity index is 346. The Morgan fingerprint density at radius 2 is 2.29 bits per heavy atom. The first-order valence-electron chi connectivity index (χ1n) is 4.77. The Kier molecular flexibility index (Phi) is 2.29. The summed E-state index contributed by atoms with van der Waals surface area (Å²) >= 11 is 0. The monoisotopic (exact) mass is 194 g/mol. The van der Waals surface area contributed by atoms with Crippen LogP contribution in [-0.2, 0) is 4.79 Å². The Morgan fingerprint density at radius 3 is 2.86 bits per heavy atom. The molecule has 0 bridgehead atoms. The van der Waals surface area contributed by atoms with Gasteiger partial charge in [0.2, 0.25) is 5.91 Å². The Hall–Kier alpha value is -1.29. The first-order chi connectivity index (χ1) is 6.66. The number of nitrogens with one attached hydrogen (secondary N) is 2. The van der Waals surface area contributed by atoms with Crippen molar-refractivity contribution >= 4 is 5.91 Å². The van der Waals surface area contributed by atoms with Crippen LogP contribution in [0.15, 0.2) is 16.5 Å². The summed E-state index contributed by atoms with van der Waals surface area (Å²) in [5.74, 6) is 1.82. The summed E-state index contributed by atoms with van der Waals surface area (Å²) in [5, 5.41) is 6.02. The molecule has 0 aromatic carbocycles. The summed E-state index contributed by atoms with van der Waals surface area (Å²) in [6, 6.07) is 3.81. The van der Waals surface area contributed by atoms with E-state index in [1.54, 1.807) is 0 Å². The van der Waals surface area contributed by atoms with Crippen molar-refractivity contribution in [1.29, 1.82) is 0 Å². The summed E-state index contributed by atoms with van der Waals surface area (Å²) in [6.07, 6.45) is 0. The fourth-order valence-electron chi connectivity index (χ4n) is 1.62. The molecule has 2 atom stereocenters. The molecule has 14 heavy (non-hydrogen) atoms. The predicted octanol–water partition coefficient (Wildman–Crippen LogP) is 0.737. The van der Waals surface area contributed by atoms with E-state index in [0.29, 0.717) is 6.54 Å². The SMILES string of the molecule is Cc1ccc(C2CNC(=O)C(C)N2)o1. The molecule has 2 unspecified atom stereocenters. The third kappa shape index (κ3) is 1.65. The molecule has 0 aliphatic carbocycles. The van der Waals surface area contributed by atoms with Crippen molar-refractivity contribution in [2.75, 3.05) is 6.54 Å². The summed E-state index contributed by atoms with van der Waals surface area (Å²) in [7, 11) is 0. The maximum Gasteiger partial charge on any atom is 0.236 e. The van der Waals surface area contributed by atoms with E-state index in [-0.39, 0.29) is 18.0 Å². The van der Waals surface area contributed by atoms with Crippen LogP contribution < -0.4 is 10.6 Å². The fourth-order valence-corrected chi connectivity index (χ4v) is 1.62. The molecular formula is C10H14N2O2. The average Bonchev–Trinajstić information content (AvgIpc) is 2.57. The first kappa shape index (κ1) is 9.27. The summed E-state index contributed by atoms with van der Waals surface area (Å²) in [5.41, 5.74) is 0. The minimum Gasteiger partial charge on any atom is -0.465 e. The third-order valence-electron chi connectivity index (χ3n) is 2.43. The van der Waals surface area contributed by atoms with Crippen molar-refractivity contribution in [2.24, 2.45) is 0 Å². The van der Waals surface area contributed by atoms with Gasteiger partial charge in [0.1, 0.15) is 11.5 Å². The summed E-state index contributed by atoms with van der Waals surface area (Å²) in [6.45, 7) is 4.35. The lowest BCUT2D eigenvalue weighted by Gasteiger charge is -2.27. The molecule has 2 heterocycles. The highest BCUT2D eigenvalue weighted by Crippen LogP contribution is 2.18. The van der Waals surface area contributed by atoms with Gasteiger partial charge in [-0.2, -0.15) is 0 Å². The van der Waals surface area contributed by atoms with Crippen molar-refractivity contribution < 1.29 is 9.21 Å². The van der Waals surface area contributed by atoms with Gasteiger partial charge in [-0.25, -0.2) is 0 Å². The highest BCUT2D eigenvalue weighted by atomic mass is 16.3. The van der Waals surface area contributed by atoms with Gasteiger partial charge >= 0.3 is 0 Å². The smallest absolute Gasteiger partial charge is 0.236 e. The number of carbonyl (C=O) groups is 1. The molecule has 1 fully saturated rings. The largest absolute Gasteiger partial charge is 0.465 e. The van der Waals surface area contributed by atoms with Crippen LogP contribution in [-0.4, -0.2) is 18.5 Å². The van der Waals surface area contributed by atoms with Crippen LogP contribution in [0.1, 0.15) is 24.5 Å². The number of aryl methyl sites for hydroxylation is 1. The van der Waals surface area contributed by atoms with Gasteiger partial charge in [-0.1, -0.05) is 0 Å². The minimum absolute atomic E-state index is 0.0459. The van der Waals surface area contributed by atoms with Crippen LogP contribution in [0, 0.1) is 6.92 Å². The van der Waals surface area contributed by atoms with E-state index in [1.165, 1.54) is 0 Å². The highest BCUT2D eigenvalue weighted by Gasteiger charge is 2.26. The second kappa shape index (κ2) is 3.46. The topological polar surface area (TPSA) is 54.3 Å². The molecule has 1 aliphatic rings. The number of amides is 1. The minimum atomic E-state index is -0.154. The van der Waals surface area contributed by atoms with Gasteiger partial charge in [0.05, 0.1) is 12.1 Å². The van der Waals surface area contributed by atoms with E-state index in [1.807, 2.05) is 26.0 Å². The third-order valence-corrected chi connectivity index (χ3v) is 2.43. The van der Waals surface area contributed by atoms with Crippen LogP contribution in [0.4, 0.5) is 0 Å². The van der Waals surface area contributed by atoms with Crippen molar-refractivity contribution in [1.82, 2.24) is 10.6 Å². The maximum absolute atomic E-state index is 11.2. The van der Waals surface area contributed by atoms with Gasteiger partial charge in [-0.05, 0) is 26.0 Å². The molecule has 2 rings (SSSR count). The molecular weight excluding hydrogens is 180 g/mol. The van der Waals surface area contributed by atoms with Crippen molar-refractivity contribution in [2.45, 2.75) is 25.9 Å². The van der Waals surface area contributed by atoms with E-state index in [0.717, 1.165) is 11.5 Å². The lowest BCUT2D eigenvalue weighted by Crippen LogP contribution is -2.52. The zero-order valence-corrected chi connectivity index (χ0v) is 8.33. The van der Waals surface area contributed by atoms with Crippen LogP contribution in [0.25, 0.3) is 0 Å². The van der Waals surface area contributed by atoms with Gasteiger partial charge in [-0.15, -0.1) is 0 Å². The van der Waals surface area contributed by atoms with Gasteiger partial charge < -0.3 is 9.73 Å². The van der Waals surface area contributed by atoms with E-state index >= 15 is 0 Å².